The van der Waals surface area contributed by atoms with Gasteiger partial charge in [0.2, 0.25) is 0 Å². The normalized spacial score (nSPS) is 19.6. The summed E-state index contributed by atoms with van der Waals surface area (Å²) in [4.78, 5) is 14.2. The van der Waals surface area contributed by atoms with Gasteiger partial charge in [0, 0.05) is 34.8 Å². The highest BCUT2D eigenvalue weighted by atomic mass is 127. The van der Waals surface area contributed by atoms with Crippen LogP contribution in [0, 0.1) is 3.57 Å². The van der Waals surface area contributed by atoms with E-state index in [1.807, 2.05) is 29.2 Å². The van der Waals surface area contributed by atoms with Crippen LogP contribution in [0.5, 0.6) is 0 Å². The number of carbonyl (C=O) groups is 1. The highest BCUT2D eigenvalue weighted by molar-refractivity contribution is 14.1. The molecule has 1 aliphatic heterocycles. The van der Waals surface area contributed by atoms with E-state index in [0.717, 1.165) is 28.8 Å². The summed E-state index contributed by atoms with van der Waals surface area (Å²) in [5.74, 6) is 0.144. The van der Waals surface area contributed by atoms with Crippen LogP contribution >= 0.6 is 35.0 Å². The van der Waals surface area contributed by atoms with Gasteiger partial charge in [0.25, 0.3) is 5.91 Å². The van der Waals surface area contributed by atoms with E-state index in [1.165, 1.54) is 0 Å². The van der Waals surface area contributed by atoms with E-state index in [-0.39, 0.29) is 24.4 Å². The molecular formula is C12H16ClIN2O. The largest absolute Gasteiger partial charge is 0.333 e. The van der Waals surface area contributed by atoms with Crippen molar-refractivity contribution in [3.8, 4) is 0 Å². The topological polar surface area (TPSA) is 32.3 Å². The first kappa shape index (κ1) is 14.7. The molecule has 1 aromatic carbocycles. The summed E-state index contributed by atoms with van der Waals surface area (Å²) in [6.07, 6.45) is 0. The standard InChI is InChI=1S/C12H15IN2O.ClH/c1-9-8-14-6-7-15(9)12(16)10-2-4-11(13)5-3-10;/h2-5,9,14H,6-8H2,1H3;1H. The molecule has 1 aliphatic rings. The molecule has 5 heteroatoms. The molecule has 0 bridgehead atoms. The molecule has 0 spiro atoms. The molecule has 2 rings (SSSR count). The fourth-order valence-corrected chi connectivity index (χ4v) is 2.26. The number of benzene rings is 1. The van der Waals surface area contributed by atoms with Gasteiger partial charge in [-0.3, -0.25) is 4.79 Å². The van der Waals surface area contributed by atoms with E-state index in [4.69, 9.17) is 0 Å². The van der Waals surface area contributed by atoms with Crippen LogP contribution in [0.4, 0.5) is 0 Å². The van der Waals surface area contributed by atoms with Crippen LogP contribution in [0.3, 0.4) is 0 Å². The van der Waals surface area contributed by atoms with Crippen molar-refractivity contribution >= 4 is 40.9 Å². The zero-order valence-electron chi connectivity index (χ0n) is 9.65. The molecule has 1 fully saturated rings. The third kappa shape index (κ3) is 3.56. The number of hydrogen-bond acceptors (Lipinski definition) is 2. The second-order valence-electron chi connectivity index (χ2n) is 4.06. The van der Waals surface area contributed by atoms with Crippen LogP contribution in [-0.2, 0) is 0 Å². The number of amides is 1. The van der Waals surface area contributed by atoms with Crippen molar-refractivity contribution in [3.63, 3.8) is 0 Å². The van der Waals surface area contributed by atoms with Gasteiger partial charge < -0.3 is 10.2 Å². The van der Waals surface area contributed by atoms with E-state index in [2.05, 4.69) is 34.8 Å². The first-order valence-corrected chi connectivity index (χ1v) is 6.53. The third-order valence-corrected chi connectivity index (χ3v) is 3.57. The Hall–Kier alpha value is -0.330. The van der Waals surface area contributed by atoms with Crippen LogP contribution in [0.1, 0.15) is 17.3 Å². The quantitative estimate of drug-likeness (QED) is 0.773. The molecule has 1 aromatic rings. The van der Waals surface area contributed by atoms with Gasteiger partial charge in [0.15, 0.2) is 0 Å². The van der Waals surface area contributed by atoms with Gasteiger partial charge in [-0.25, -0.2) is 0 Å². The van der Waals surface area contributed by atoms with Gasteiger partial charge in [0.1, 0.15) is 0 Å². The number of hydrogen-bond donors (Lipinski definition) is 1. The minimum absolute atomic E-state index is 0. The number of nitrogens with one attached hydrogen (secondary N) is 1. The maximum atomic E-state index is 12.2. The van der Waals surface area contributed by atoms with Crippen molar-refractivity contribution < 1.29 is 4.79 Å². The number of carbonyl (C=O) groups excluding carboxylic acids is 1. The van der Waals surface area contributed by atoms with Crippen LogP contribution in [0.15, 0.2) is 24.3 Å². The molecule has 1 saturated heterocycles. The molecule has 94 valence electrons. The molecule has 0 radical (unpaired) electrons. The van der Waals surface area contributed by atoms with Crippen molar-refractivity contribution in [3.05, 3.63) is 33.4 Å². The van der Waals surface area contributed by atoms with Gasteiger partial charge in [0.05, 0.1) is 0 Å². The molecule has 0 saturated carbocycles. The summed E-state index contributed by atoms with van der Waals surface area (Å²) in [6.45, 7) is 4.65. The molecule has 17 heavy (non-hydrogen) atoms. The summed E-state index contributed by atoms with van der Waals surface area (Å²) in [6, 6.07) is 8.03. The highest BCUT2D eigenvalue weighted by Crippen LogP contribution is 2.12. The molecule has 1 N–H and O–H groups in total. The van der Waals surface area contributed by atoms with E-state index in [1.54, 1.807) is 0 Å². The Morgan fingerprint density at radius 1 is 1.41 bits per heavy atom. The van der Waals surface area contributed by atoms with Crippen LogP contribution in [0.2, 0.25) is 0 Å². The Balaban J connectivity index is 0.00000144. The van der Waals surface area contributed by atoms with Crippen molar-refractivity contribution in [1.29, 1.82) is 0 Å². The molecular weight excluding hydrogens is 351 g/mol. The van der Waals surface area contributed by atoms with E-state index in [0.29, 0.717) is 0 Å². The van der Waals surface area contributed by atoms with Crippen LogP contribution < -0.4 is 5.32 Å². The monoisotopic (exact) mass is 366 g/mol. The predicted molar refractivity (Wildman–Crippen MR) is 79.8 cm³/mol. The maximum absolute atomic E-state index is 12.2. The third-order valence-electron chi connectivity index (χ3n) is 2.85. The lowest BCUT2D eigenvalue weighted by atomic mass is 10.1. The Bertz CT molecular complexity index is 383. The van der Waals surface area contributed by atoms with Gasteiger partial charge in [-0.15, -0.1) is 12.4 Å². The molecule has 0 aliphatic carbocycles. The summed E-state index contributed by atoms with van der Waals surface area (Å²) >= 11 is 2.24. The van der Waals surface area contributed by atoms with Crippen molar-refractivity contribution in [1.82, 2.24) is 10.2 Å². The Morgan fingerprint density at radius 3 is 2.65 bits per heavy atom. The molecule has 1 atom stereocenters. The van der Waals surface area contributed by atoms with Crippen molar-refractivity contribution in [2.75, 3.05) is 19.6 Å². The molecule has 1 heterocycles. The van der Waals surface area contributed by atoms with Gasteiger partial charge in [-0.05, 0) is 53.8 Å². The molecule has 1 amide bonds. The van der Waals surface area contributed by atoms with Crippen LogP contribution in [-0.4, -0.2) is 36.5 Å². The first-order chi connectivity index (χ1) is 7.68. The SMILES string of the molecule is CC1CNCCN1C(=O)c1ccc(I)cc1.Cl. The Morgan fingerprint density at radius 2 is 2.06 bits per heavy atom. The highest BCUT2D eigenvalue weighted by Gasteiger charge is 2.23. The van der Waals surface area contributed by atoms with Gasteiger partial charge in [-0.1, -0.05) is 0 Å². The fourth-order valence-electron chi connectivity index (χ4n) is 1.90. The number of rotatable bonds is 1. The zero-order chi connectivity index (χ0) is 11.5. The minimum Gasteiger partial charge on any atom is -0.333 e. The second-order valence-corrected chi connectivity index (χ2v) is 5.30. The summed E-state index contributed by atoms with van der Waals surface area (Å²) in [5.41, 5.74) is 0.786. The average molecular weight is 367 g/mol. The number of halogens is 2. The van der Waals surface area contributed by atoms with Crippen molar-refractivity contribution in [2.45, 2.75) is 13.0 Å². The molecule has 0 aromatic heterocycles. The Labute approximate surface area is 122 Å². The van der Waals surface area contributed by atoms with Crippen LogP contribution in [0.25, 0.3) is 0 Å². The fraction of sp³-hybridized carbons (Fsp3) is 0.417. The lowest BCUT2D eigenvalue weighted by Gasteiger charge is -2.34. The minimum atomic E-state index is 0. The van der Waals surface area contributed by atoms with E-state index >= 15 is 0 Å². The summed E-state index contributed by atoms with van der Waals surface area (Å²) < 4.78 is 1.16. The second kappa shape index (κ2) is 6.56. The first-order valence-electron chi connectivity index (χ1n) is 5.46. The van der Waals surface area contributed by atoms with Crippen molar-refractivity contribution in [2.24, 2.45) is 0 Å². The van der Waals surface area contributed by atoms with E-state index in [9.17, 15) is 4.79 Å². The average Bonchev–Trinajstić information content (AvgIpc) is 2.30. The number of piperazine rings is 1. The summed E-state index contributed by atoms with van der Waals surface area (Å²) in [5, 5.41) is 3.28. The lowest BCUT2D eigenvalue weighted by molar-refractivity contribution is 0.0656. The summed E-state index contributed by atoms with van der Waals surface area (Å²) in [7, 11) is 0. The predicted octanol–water partition coefficient (Wildman–Crippen LogP) is 2.15. The van der Waals surface area contributed by atoms with E-state index < -0.39 is 0 Å². The van der Waals surface area contributed by atoms with Gasteiger partial charge >= 0.3 is 0 Å². The van der Waals surface area contributed by atoms with Gasteiger partial charge in [-0.2, -0.15) is 0 Å². The molecule has 3 nitrogen and oxygen atoms in total. The zero-order valence-corrected chi connectivity index (χ0v) is 12.6. The lowest BCUT2D eigenvalue weighted by Crippen LogP contribution is -2.52. The molecule has 1 unspecified atom stereocenters. The maximum Gasteiger partial charge on any atom is 0.254 e. The number of nitrogens with zero attached hydrogens (tertiary/aromatic N) is 1. The Kier molecular flexibility index (Phi) is 5.69. The smallest absolute Gasteiger partial charge is 0.254 e.